The zero-order valence-electron chi connectivity index (χ0n) is 23.2. The Hall–Kier alpha value is -4.82. The third kappa shape index (κ3) is 11.2. The van der Waals surface area contributed by atoms with Gasteiger partial charge in [0, 0.05) is 30.9 Å². The predicted octanol–water partition coefficient (Wildman–Crippen LogP) is 1.16. The van der Waals surface area contributed by atoms with Crippen molar-refractivity contribution < 1.29 is 33.0 Å². The number of aliphatic carboxylic acids is 1. The number of nitrogen functional groups attached to an aromatic ring is 1. The van der Waals surface area contributed by atoms with Crippen LogP contribution in [-0.2, 0) is 43.1 Å². The lowest BCUT2D eigenvalue weighted by atomic mass is 10.0. The Kier molecular flexibility index (Phi) is 11.7. The molecule has 0 bridgehead atoms. The number of benzene rings is 2. The minimum absolute atomic E-state index is 0.0255. The molecule has 1 aromatic heterocycles. The van der Waals surface area contributed by atoms with Crippen molar-refractivity contribution in [3.05, 3.63) is 95.3 Å². The number of carbonyl (C=O) groups is 3. The smallest absolute Gasteiger partial charge is 0.303 e. The molecule has 43 heavy (non-hydrogen) atoms. The molecule has 0 aliphatic carbocycles. The highest BCUT2D eigenvalue weighted by molar-refractivity contribution is 7.88. The van der Waals surface area contributed by atoms with Crippen molar-refractivity contribution >= 4 is 33.6 Å². The fourth-order valence-electron chi connectivity index (χ4n) is 4.10. The first kappa shape index (κ1) is 32.7. The third-order valence-electron chi connectivity index (χ3n) is 6.41. The summed E-state index contributed by atoms with van der Waals surface area (Å²) < 4.78 is 28.5. The number of sulfonamides is 1. The van der Waals surface area contributed by atoms with Crippen LogP contribution < -0.4 is 21.1 Å². The summed E-state index contributed by atoms with van der Waals surface area (Å²) in [6.07, 6.45) is 2.84. The van der Waals surface area contributed by atoms with Crippen molar-refractivity contribution in [1.29, 1.82) is 5.41 Å². The van der Waals surface area contributed by atoms with E-state index in [1.165, 1.54) is 24.3 Å². The van der Waals surface area contributed by atoms with Crippen molar-refractivity contribution in [2.24, 2.45) is 5.73 Å². The van der Waals surface area contributed by atoms with Crippen LogP contribution in [-0.4, -0.2) is 59.3 Å². The van der Waals surface area contributed by atoms with Crippen LogP contribution >= 0.6 is 0 Å². The maximum atomic E-state index is 13.4. The number of amidine groups is 1. The van der Waals surface area contributed by atoms with Gasteiger partial charge in [-0.2, -0.15) is 0 Å². The van der Waals surface area contributed by atoms with Crippen LogP contribution in [0.1, 0.15) is 41.5 Å². The lowest BCUT2D eigenvalue weighted by molar-refractivity contribution is -0.138. The Morgan fingerprint density at radius 1 is 0.860 bits per heavy atom. The summed E-state index contributed by atoms with van der Waals surface area (Å²) in [7, 11) is -4.06. The van der Waals surface area contributed by atoms with Crippen LogP contribution in [0.3, 0.4) is 0 Å². The SMILES string of the molecule is N=C(N)c1ccc(CNC(=O)[C@H](CCC(=O)O)NC(=O)[C@@H](CCc2ccncc2)NS(=O)(=O)Cc2ccc(O)cc2)cc1. The molecular formula is C29H34N6O7S. The molecule has 0 unspecified atom stereocenters. The summed E-state index contributed by atoms with van der Waals surface area (Å²) in [6.45, 7) is 0.0567. The quantitative estimate of drug-likeness (QED) is 0.0911. The minimum Gasteiger partial charge on any atom is -0.508 e. The van der Waals surface area contributed by atoms with Crippen LogP contribution in [0.15, 0.2) is 73.1 Å². The Labute approximate surface area is 249 Å². The molecule has 1 heterocycles. The number of hydrogen-bond acceptors (Lipinski definition) is 8. The van der Waals surface area contributed by atoms with E-state index in [2.05, 4.69) is 20.3 Å². The topological polar surface area (TPSA) is 225 Å². The number of phenolic OH excluding ortho intramolecular Hbond substituents is 1. The standard InChI is InChI=1S/C29H34N6O7S/c30-27(31)22-6-1-20(2-7-22)17-33-28(39)24(11-12-26(37)38)34-29(40)25(10-5-19-13-15-32-16-14-19)35-43(41,42)18-21-3-8-23(36)9-4-21/h1-4,6-9,13-16,24-25,35-36H,5,10-12,17-18H2,(H3,30,31)(H,33,39)(H,34,40)(H,37,38)/t24-,25+/m0/s1. The molecule has 13 nitrogen and oxygen atoms in total. The molecule has 0 aliphatic heterocycles. The molecule has 3 aromatic rings. The molecule has 0 aliphatic rings. The number of carboxylic acids is 1. The largest absolute Gasteiger partial charge is 0.508 e. The highest BCUT2D eigenvalue weighted by Gasteiger charge is 2.29. The van der Waals surface area contributed by atoms with Crippen LogP contribution in [0, 0.1) is 5.41 Å². The number of aromatic nitrogens is 1. The maximum absolute atomic E-state index is 13.4. The molecule has 3 rings (SSSR count). The van der Waals surface area contributed by atoms with Gasteiger partial charge >= 0.3 is 5.97 Å². The van der Waals surface area contributed by atoms with Gasteiger partial charge in [0.05, 0.1) is 5.75 Å². The van der Waals surface area contributed by atoms with Crippen LogP contribution in [0.4, 0.5) is 0 Å². The van der Waals surface area contributed by atoms with Crippen LogP contribution in [0.5, 0.6) is 5.75 Å². The number of carbonyl (C=O) groups excluding carboxylic acids is 2. The van der Waals surface area contributed by atoms with E-state index >= 15 is 0 Å². The summed E-state index contributed by atoms with van der Waals surface area (Å²) in [6, 6.07) is 13.1. The van der Waals surface area contributed by atoms with Gasteiger partial charge in [-0.15, -0.1) is 0 Å². The second kappa shape index (κ2) is 15.4. The van der Waals surface area contributed by atoms with Crippen LogP contribution in [0.2, 0.25) is 0 Å². The van der Waals surface area contributed by atoms with Gasteiger partial charge in [0.2, 0.25) is 21.8 Å². The molecular weight excluding hydrogens is 576 g/mol. The van der Waals surface area contributed by atoms with Gasteiger partial charge in [-0.3, -0.25) is 24.8 Å². The van der Waals surface area contributed by atoms with Gasteiger partial charge < -0.3 is 26.6 Å². The second-order valence-corrected chi connectivity index (χ2v) is 11.6. The molecule has 2 amide bonds. The zero-order chi connectivity index (χ0) is 31.4. The number of nitrogens with two attached hydrogens (primary N) is 1. The van der Waals surface area contributed by atoms with E-state index in [-0.39, 0.29) is 31.0 Å². The van der Waals surface area contributed by atoms with E-state index in [4.69, 9.17) is 11.1 Å². The number of nitrogens with one attached hydrogen (secondary N) is 4. The fraction of sp³-hybridized carbons (Fsp3) is 0.276. The number of aryl methyl sites for hydroxylation is 1. The summed E-state index contributed by atoms with van der Waals surface area (Å²) >= 11 is 0. The average molecular weight is 611 g/mol. The zero-order valence-corrected chi connectivity index (χ0v) is 24.0. The van der Waals surface area contributed by atoms with E-state index in [1.54, 1.807) is 48.8 Å². The van der Waals surface area contributed by atoms with E-state index in [1.807, 2.05) is 0 Å². The second-order valence-electron chi connectivity index (χ2n) is 9.81. The minimum atomic E-state index is -4.06. The number of aromatic hydroxyl groups is 1. The molecule has 2 aromatic carbocycles. The lowest BCUT2D eigenvalue weighted by Crippen LogP contribution is -2.54. The van der Waals surface area contributed by atoms with E-state index < -0.39 is 52.1 Å². The number of pyridine rings is 1. The van der Waals surface area contributed by atoms with E-state index in [0.29, 0.717) is 23.1 Å². The molecule has 2 atom stereocenters. The summed E-state index contributed by atoms with van der Waals surface area (Å²) in [5, 5.41) is 31.4. The maximum Gasteiger partial charge on any atom is 0.303 e. The van der Waals surface area contributed by atoms with Crippen molar-refractivity contribution in [2.45, 2.75) is 50.1 Å². The normalized spacial score (nSPS) is 12.6. The van der Waals surface area contributed by atoms with Gasteiger partial charge in [0.15, 0.2) is 0 Å². The fourth-order valence-corrected chi connectivity index (χ4v) is 5.47. The van der Waals surface area contributed by atoms with Gasteiger partial charge in [-0.05, 0) is 60.2 Å². The van der Waals surface area contributed by atoms with Gasteiger partial charge in [0.25, 0.3) is 0 Å². The Bertz CT molecular complexity index is 1520. The molecule has 228 valence electrons. The molecule has 8 N–H and O–H groups in total. The highest BCUT2D eigenvalue weighted by atomic mass is 32.2. The summed E-state index contributed by atoms with van der Waals surface area (Å²) in [5.74, 6) is -3.20. The predicted molar refractivity (Wildman–Crippen MR) is 158 cm³/mol. The molecule has 0 radical (unpaired) electrons. The Morgan fingerprint density at radius 3 is 2.09 bits per heavy atom. The number of hydrogen-bond donors (Lipinski definition) is 7. The number of amides is 2. The number of nitrogens with zero attached hydrogens (tertiary/aromatic N) is 1. The average Bonchev–Trinajstić information content (AvgIpc) is 2.97. The third-order valence-corrected chi connectivity index (χ3v) is 7.77. The van der Waals surface area contributed by atoms with Crippen LogP contribution in [0.25, 0.3) is 0 Å². The van der Waals surface area contributed by atoms with Gasteiger partial charge in [0.1, 0.15) is 23.7 Å². The summed E-state index contributed by atoms with van der Waals surface area (Å²) in [5.41, 5.74) is 7.84. The Morgan fingerprint density at radius 2 is 1.49 bits per heavy atom. The first-order chi connectivity index (χ1) is 20.4. The van der Waals surface area contributed by atoms with Gasteiger partial charge in [-0.25, -0.2) is 13.1 Å². The van der Waals surface area contributed by atoms with Crippen molar-refractivity contribution in [3.8, 4) is 5.75 Å². The number of rotatable bonds is 16. The first-order valence-corrected chi connectivity index (χ1v) is 15.0. The van der Waals surface area contributed by atoms with Crippen molar-refractivity contribution in [3.63, 3.8) is 0 Å². The first-order valence-electron chi connectivity index (χ1n) is 13.3. The monoisotopic (exact) mass is 610 g/mol. The molecule has 0 saturated heterocycles. The molecule has 0 spiro atoms. The van der Waals surface area contributed by atoms with Crippen molar-refractivity contribution in [2.75, 3.05) is 0 Å². The molecule has 14 heteroatoms. The molecule has 0 saturated carbocycles. The van der Waals surface area contributed by atoms with Gasteiger partial charge in [-0.1, -0.05) is 36.4 Å². The van der Waals surface area contributed by atoms with E-state index in [9.17, 15) is 33.0 Å². The van der Waals surface area contributed by atoms with Crippen molar-refractivity contribution in [1.82, 2.24) is 20.3 Å². The van der Waals surface area contributed by atoms with E-state index in [0.717, 1.165) is 5.56 Å². The number of phenols is 1. The highest BCUT2D eigenvalue weighted by Crippen LogP contribution is 2.14. The summed E-state index contributed by atoms with van der Waals surface area (Å²) in [4.78, 5) is 41.7. The number of carboxylic acid groups (broad SMARTS) is 1. The Balaban J connectivity index is 1.75. The lowest BCUT2D eigenvalue weighted by Gasteiger charge is -2.23. The molecule has 0 fully saturated rings.